The molecule has 0 aromatic carbocycles. The normalized spacial score (nSPS) is 22.8. The highest BCUT2D eigenvalue weighted by Crippen LogP contribution is 2.35. The molecule has 1 aliphatic carbocycles. The van der Waals surface area contributed by atoms with E-state index in [1.165, 1.54) is 38.6 Å². The van der Waals surface area contributed by atoms with Crippen molar-refractivity contribution in [2.75, 3.05) is 44.8 Å². The van der Waals surface area contributed by atoms with Crippen molar-refractivity contribution in [1.82, 2.24) is 24.7 Å². The van der Waals surface area contributed by atoms with Gasteiger partial charge in [0.25, 0.3) is 0 Å². The molecule has 7 heteroatoms. The predicted molar refractivity (Wildman–Crippen MR) is 99.5 cm³/mol. The van der Waals surface area contributed by atoms with Gasteiger partial charge in [-0.15, -0.1) is 15.3 Å². The minimum absolute atomic E-state index is 0.544. The third kappa shape index (κ3) is 2.97. The lowest BCUT2D eigenvalue weighted by Crippen LogP contribution is -2.59. The summed E-state index contributed by atoms with van der Waals surface area (Å²) < 4.78 is 7.45. The predicted octanol–water partition coefficient (Wildman–Crippen LogP) is 1.94. The first kappa shape index (κ1) is 16.4. The Morgan fingerprint density at radius 2 is 1.92 bits per heavy atom. The second-order valence-corrected chi connectivity index (χ2v) is 8.20. The van der Waals surface area contributed by atoms with Gasteiger partial charge in [-0.1, -0.05) is 6.42 Å². The largest absolute Gasteiger partial charge is 0.381 e. The van der Waals surface area contributed by atoms with Gasteiger partial charge in [0.05, 0.1) is 0 Å². The van der Waals surface area contributed by atoms with Crippen LogP contribution in [0.25, 0.3) is 5.65 Å². The lowest BCUT2D eigenvalue weighted by Gasteiger charge is -2.45. The summed E-state index contributed by atoms with van der Waals surface area (Å²) in [6, 6.07) is 4.77. The second kappa shape index (κ2) is 6.78. The monoisotopic (exact) mass is 356 g/mol. The molecule has 3 aliphatic rings. The van der Waals surface area contributed by atoms with E-state index in [2.05, 4.69) is 39.2 Å². The van der Waals surface area contributed by atoms with E-state index >= 15 is 0 Å². The zero-order chi connectivity index (χ0) is 17.5. The fourth-order valence-electron chi connectivity index (χ4n) is 4.29. The smallest absolute Gasteiger partial charge is 0.178 e. The summed E-state index contributed by atoms with van der Waals surface area (Å²) in [5.41, 5.74) is 0.865. The molecule has 3 fully saturated rings. The van der Waals surface area contributed by atoms with Crippen molar-refractivity contribution in [3.8, 4) is 0 Å². The maximum Gasteiger partial charge on any atom is 0.178 e. The fraction of sp³-hybridized carbons (Fsp3) is 0.737. The van der Waals surface area contributed by atoms with Crippen LogP contribution in [0.3, 0.4) is 0 Å². The molecule has 2 aromatic rings. The van der Waals surface area contributed by atoms with E-state index < -0.39 is 0 Å². The summed E-state index contributed by atoms with van der Waals surface area (Å²) in [7, 11) is 2.27. The van der Waals surface area contributed by atoms with Gasteiger partial charge in [0.1, 0.15) is 5.82 Å². The number of hydrogen-bond donors (Lipinski definition) is 0. The first-order valence-corrected chi connectivity index (χ1v) is 10.0. The van der Waals surface area contributed by atoms with E-state index in [1.807, 2.05) is 4.52 Å². The Bertz CT molecular complexity index is 760. The van der Waals surface area contributed by atoms with E-state index in [0.29, 0.717) is 12.0 Å². The SMILES string of the molecule is CN(CC1CCOCC1)C1CN(c2ccc3nnc(C4CCC4)n3n2)C1. The highest BCUT2D eigenvalue weighted by molar-refractivity contribution is 5.48. The van der Waals surface area contributed by atoms with Crippen LogP contribution in [0.15, 0.2) is 12.1 Å². The van der Waals surface area contributed by atoms with E-state index in [9.17, 15) is 0 Å². The van der Waals surface area contributed by atoms with Gasteiger partial charge in [-0.2, -0.15) is 4.52 Å². The summed E-state index contributed by atoms with van der Waals surface area (Å²) in [4.78, 5) is 4.90. The van der Waals surface area contributed by atoms with Crippen molar-refractivity contribution in [2.45, 2.75) is 44.1 Å². The fourth-order valence-corrected chi connectivity index (χ4v) is 4.29. The minimum atomic E-state index is 0.544. The molecule has 5 rings (SSSR count). The van der Waals surface area contributed by atoms with Crippen molar-refractivity contribution in [3.05, 3.63) is 18.0 Å². The van der Waals surface area contributed by atoms with Gasteiger partial charge in [0.15, 0.2) is 11.5 Å². The van der Waals surface area contributed by atoms with E-state index in [0.717, 1.165) is 49.5 Å². The molecule has 0 unspecified atom stereocenters. The minimum Gasteiger partial charge on any atom is -0.381 e. The molecule has 0 spiro atoms. The van der Waals surface area contributed by atoms with Crippen LogP contribution in [0.2, 0.25) is 0 Å². The lowest BCUT2D eigenvalue weighted by molar-refractivity contribution is 0.0480. The summed E-state index contributed by atoms with van der Waals surface area (Å²) in [5, 5.41) is 13.5. The molecular formula is C19H28N6O. The van der Waals surface area contributed by atoms with E-state index in [4.69, 9.17) is 9.84 Å². The zero-order valence-electron chi connectivity index (χ0n) is 15.5. The van der Waals surface area contributed by atoms with E-state index in [-0.39, 0.29) is 0 Å². The number of rotatable bonds is 5. The number of likely N-dealkylation sites (N-methyl/N-ethyl adjacent to an activating group) is 1. The molecule has 2 aliphatic heterocycles. The first-order chi connectivity index (χ1) is 12.8. The zero-order valence-corrected chi connectivity index (χ0v) is 15.5. The van der Waals surface area contributed by atoms with Gasteiger partial charge in [-0.05, 0) is 50.8 Å². The van der Waals surface area contributed by atoms with Crippen LogP contribution in [-0.2, 0) is 4.74 Å². The highest BCUT2D eigenvalue weighted by atomic mass is 16.5. The summed E-state index contributed by atoms with van der Waals surface area (Å²) in [5.74, 6) is 3.43. The molecule has 2 aromatic heterocycles. The Balaban J connectivity index is 1.22. The number of hydrogen-bond acceptors (Lipinski definition) is 6. The molecular weight excluding hydrogens is 328 g/mol. The standard InChI is InChI=1S/C19H28N6O/c1-23(11-14-7-9-26-10-8-14)16-12-24(13-16)18-6-5-17-20-21-19(25(17)22-18)15-3-2-4-15/h5-6,14-16H,2-4,7-13H2,1H3. The maximum atomic E-state index is 5.48. The number of fused-ring (bicyclic) bond motifs is 1. The summed E-state index contributed by atoms with van der Waals surface area (Å²) in [6.45, 7) is 5.16. The molecule has 1 saturated carbocycles. The van der Waals surface area contributed by atoms with Crippen molar-refractivity contribution in [2.24, 2.45) is 5.92 Å². The molecule has 140 valence electrons. The molecule has 2 saturated heterocycles. The number of anilines is 1. The Hall–Kier alpha value is -1.73. The lowest BCUT2D eigenvalue weighted by atomic mass is 9.85. The molecule has 7 nitrogen and oxygen atoms in total. The average Bonchev–Trinajstić information content (AvgIpc) is 2.96. The van der Waals surface area contributed by atoms with Crippen LogP contribution in [-0.4, -0.2) is 70.6 Å². The number of nitrogens with zero attached hydrogens (tertiary/aromatic N) is 6. The van der Waals surface area contributed by atoms with Gasteiger partial charge < -0.3 is 9.64 Å². The van der Waals surface area contributed by atoms with Gasteiger partial charge >= 0.3 is 0 Å². The van der Waals surface area contributed by atoms with Crippen LogP contribution in [0.4, 0.5) is 5.82 Å². The average molecular weight is 356 g/mol. The topological polar surface area (TPSA) is 58.8 Å². The molecule has 0 bridgehead atoms. The Kier molecular flexibility index (Phi) is 4.29. The van der Waals surface area contributed by atoms with Crippen LogP contribution in [0.1, 0.15) is 43.8 Å². The number of aromatic nitrogens is 4. The molecule has 0 radical (unpaired) electrons. The van der Waals surface area contributed by atoms with Crippen LogP contribution in [0, 0.1) is 5.92 Å². The van der Waals surface area contributed by atoms with Gasteiger partial charge in [-0.25, -0.2) is 0 Å². The van der Waals surface area contributed by atoms with Crippen LogP contribution < -0.4 is 4.90 Å². The molecule has 0 N–H and O–H groups in total. The Morgan fingerprint density at radius 3 is 2.65 bits per heavy atom. The van der Waals surface area contributed by atoms with Crippen molar-refractivity contribution in [1.29, 1.82) is 0 Å². The quantitative estimate of drug-likeness (QED) is 0.816. The Morgan fingerprint density at radius 1 is 1.12 bits per heavy atom. The summed E-state index contributed by atoms with van der Waals surface area (Å²) >= 11 is 0. The first-order valence-electron chi connectivity index (χ1n) is 10.0. The molecule has 0 amide bonds. The summed E-state index contributed by atoms with van der Waals surface area (Å²) in [6.07, 6.45) is 6.14. The van der Waals surface area contributed by atoms with Crippen LogP contribution in [0.5, 0.6) is 0 Å². The van der Waals surface area contributed by atoms with Gasteiger partial charge in [0, 0.05) is 44.8 Å². The maximum absolute atomic E-state index is 5.48. The number of ether oxygens (including phenoxy) is 1. The van der Waals surface area contributed by atoms with Gasteiger partial charge in [-0.3, -0.25) is 4.90 Å². The van der Waals surface area contributed by atoms with Crippen LogP contribution >= 0.6 is 0 Å². The Labute approximate surface area is 154 Å². The van der Waals surface area contributed by atoms with Gasteiger partial charge in [0.2, 0.25) is 0 Å². The van der Waals surface area contributed by atoms with Crippen molar-refractivity contribution >= 4 is 11.5 Å². The van der Waals surface area contributed by atoms with Crippen molar-refractivity contribution < 1.29 is 4.74 Å². The third-order valence-electron chi connectivity index (χ3n) is 6.44. The molecule has 4 heterocycles. The third-order valence-corrected chi connectivity index (χ3v) is 6.44. The van der Waals surface area contributed by atoms with Crippen molar-refractivity contribution in [3.63, 3.8) is 0 Å². The second-order valence-electron chi connectivity index (χ2n) is 8.20. The highest BCUT2D eigenvalue weighted by Gasteiger charge is 2.33. The molecule has 26 heavy (non-hydrogen) atoms. The van der Waals surface area contributed by atoms with E-state index in [1.54, 1.807) is 0 Å². The molecule has 0 atom stereocenters.